The highest BCUT2D eigenvalue weighted by molar-refractivity contribution is 7.21. The number of hydrogen-bond acceptors (Lipinski definition) is 0. The molecule has 0 heterocycles. The van der Waals surface area contributed by atoms with Crippen LogP contribution in [0.5, 0.6) is 0 Å². The van der Waals surface area contributed by atoms with Gasteiger partial charge in [-0.15, -0.1) is 0 Å². The van der Waals surface area contributed by atoms with Crippen LogP contribution in [0.15, 0.2) is 194 Å². The van der Waals surface area contributed by atoms with Crippen LogP contribution in [0.4, 0.5) is 0 Å². The average Bonchev–Trinajstić information content (AvgIpc) is 3.13. The van der Waals surface area contributed by atoms with Gasteiger partial charge in [0.2, 0.25) is 0 Å². The summed E-state index contributed by atoms with van der Waals surface area (Å²) in [5.41, 5.74) is 2.70. The molecule has 7 aromatic carbocycles. The van der Waals surface area contributed by atoms with E-state index in [4.69, 9.17) is 0 Å². The number of rotatable bonds is 8. The third kappa shape index (κ3) is 4.91. The summed E-state index contributed by atoms with van der Waals surface area (Å²) < 4.78 is 0. The lowest BCUT2D eigenvalue weighted by molar-refractivity contribution is 1.44. The highest BCUT2D eigenvalue weighted by Crippen LogP contribution is 2.17. The molecule has 7 aromatic rings. The van der Waals surface area contributed by atoms with Crippen molar-refractivity contribution in [3.63, 3.8) is 0 Å². The van der Waals surface area contributed by atoms with Crippen molar-refractivity contribution in [2.75, 3.05) is 0 Å². The summed E-state index contributed by atoms with van der Waals surface area (Å²) in [6.07, 6.45) is 0. The second-order valence-electron chi connectivity index (χ2n) is 12.2. The van der Waals surface area contributed by atoms with Gasteiger partial charge in [-0.2, -0.15) is 0 Å². The molecule has 0 unspecified atom stereocenters. The van der Waals surface area contributed by atoms with Gasteiger partial charge in [-0.05, 0) is 55.3 Å². The first kappa shape index (κ1) is 29.7. The molecule has 0 saturated heterocycles. The van der Waals surface area contributed by atoms with Gasteiger partial charge >= 0.3 is 0 Å². The molecule has 0 radical (unpaired) electrons. The van der Waals surface area contributed by atoms with Gasteiger partial charge in [-0.1, -0.05) is 205 Å². The van der Waals surface area contributed by atoms with E-state index >= 15 is 0 Å². The minimum Gasteiger partial charge on any atom is -0.0623 e. The van der Waals surface area contributed by atoms with E-state index in [0.717, 1.165) is 0 Å². The van der Waals surface area contributed by atoms with Gasteiger partial charge in [0.05, 0.1) is 0 Å². The van der Waals surface area contributed by atoms with Crippen molar-refractivity contribution in [2.45, 2.75) is 13.8 Å². The van der Waals surface area contributed by atoms with E-state index in [9.17, 15) is 0 Å². The molecule has 0 aliphatic carbocycles. The Labute approximate surface area is 275 Å². The molecule has 0 amide bonds. The number of aryl methyl sites for hydroxylation is 2. The second-order valence-corrected chi connectivity index (χ2v) is 19.7. The highest BCUT2D eigenvalue weighted by atomic mass is 28.3. The van der Waals surface area contributed by atoms with E-state index in [1.807, 2.05) is 0 Å². The van der Waals surface area contributed by atoms with E-state index in [1.54, 1.807) is 0 Å². The summed E-state index contributed by atoms with van der Waals surface area (Å²) in [4.78, 5) is 0. The van der Waals surface area contributed by atoms with Crippen LogP contribution in [0.2, 0.25) is 0 Å². The van der Waals surface area contributed by atoms with Crippen LogP contribution in [0.3, 0.4) is 0 Å². The average molecular weight is 623 g/mol. The first-order valence-electron chi connectivity index (χ1n) is 16.1. The van der Waals surface area contributed by atoms with Gasteiger partial charge in [0.25, 0.3) is 0 Å². The Balaban J connectivity index is 1.60. The van der Waals surface area contributed by atoms with Gasteiger partial charge in [0.1, 0.15) is 0 Å². The zero-order chi connectivity index (χ0) is 31.4. The Morgan fingerprint density at radius 1 is 0.261 bits per heavy atom. The van der Waals surface area contributed by atoms with Crippen molar-refractivity contribution in [1.82, 2.24) is 0 Å². The van der Waals surface area contributed by atoms with Crippen LogP contribution in [0, 0.1) is 13.8 Å². The summed E-state index contributed by atoms with van der Waals surface area (Å²) in [6, 6.07) is 72.7. The minimum atomic E-state index is -2.68. The Morgan fingerprint density at radius 3 is 0.609 bits per heavy atom. The van der Waals surface area contributed by atoms with Crippen LogP contribution in [0.25, 0.3) is 0 Å². The van der Waals surface area contributed by atoms with Crippen molar-refractivity contribution < 1.29 is 0 Å². The summed E-state index contributed by atoms with van der Waals surface area (Å²) in [5.74, 6) is 0. The molecule has 0 aromatic heterocycles. The molecule has 0 saturated carbocycles. The third-order valence-electron chi connectivity index (χ3n) is 9.62. The first-order chi connectivity index (χ1) is 22.7. The van der Waals surface area contributed by atoms with E-state index in [0.29, 0.717) is 0 Å². The molecule has 0 aliphatic heterocycles. The molecule has 46 heavy (non-hydrogen) atoms. The van der Waals surface area contributed by atoms with Crippen molar-refractivity contribution in [3.05, 3.63) is 205 Å². The maximum atomic E-state index is 2.57. The third-order valence-corrected chi connectivity index (χ3v) is 19.5. The van der Waals surface area contributed by atoms with Crippen LogP contribution in [-0.2, 0) is 0 Å². The van der Waals surface area contributed by atoms with E-state index in [1.165, 1.54) is 52.6 Å². The topological polar surface area (TPSA) is 0 Å². The summed E-state index contributed by atoms with van der Waals surface area (Å²) in [6.45, 7) is 4.71. The fraction of sp³-hybridized carbons (Fsp3) is 0.0455. The molecule has 0 aliphatic rings. The van der Waals surface area contributed by atoms with Gasteiger partial charge in [0, 0.05) is 0 Å². The van der Waals surface area contributed by atoms with Crippen LogP contribution >= 0.6 is 0 Å². The predicted molar refractivity (Wildman–Crippen MR) is 203 cm³/mol. The Hall–Kier alpha value is -5.03. The zero-order valence-corrected chi connectivity index (χ0v) is 28.5. The van der Waals surface area contributed by atoms with Gasteiger partial charge < -0.3 is 0 Å². The van der Waals surface area contributed by atoms with Crippen molar-refractivity contribution in [1.29, 1.82) is 0 Å². The first-order valence-corrected chi connectivity index (χ1v) is 20.1. The zero-order valence-electron chi connectivity index (χ0n) is 26.5. The lowest BCUT2D eigenvalue weighted by Gasteiger charge is -2.39. The molecule has 0 N–H and O–H groups in total. The summed E-state index contributed by atoms with van der Waals surface area (Å²) in [5, 5.41) is 11.3. The van der Waals surface area contributed by atoms with Crippen LogP contribution in [0.1, 0.15) is 11.1 Å². The number of hydrogen-bond donors (Lipinski definition) is 0. The smallest absolute Gasteiger partial charge is 0.0623 e. The maximum Gasteiger partial charge on any atom is 0.179 e. The molecule has 0 bridgehead atoms. The van der Waals surface area contributed by atoms with Crippen molar-refractivity contribution in [3.8, 4) is 0 Å². The minimum absolute atomic E-state index is 1.35. The van der Waals surface area contributed by atoms with Crippen molar-refractivity contribution in [2.24, 2.45) is 0 Å². The Morgan fingerprint density at radius 2 is 0.435 bits per heavy atom. The van der Waals surface area contributed by atoms with Gasteiger partial charge in [-0.3, -0.25) is 0 Å². The standard InChI is InChI=1S/C44H38Si2/c1-35-33-44(46(40-27-15-6-16-28-40,41-29-17-7-18-30-41)42-31-19-8-20-32-42)36(2)34-43(35)45(37-21-9-3-10-22-37,38-23-11-4-12-24-38)39-25-13-5-14-26-39/h3-34H,1-2H3. The fourth-order valence-corrected chi connectivity index (χ4v) is 17.9. The molecule has 0 spiro atoms. The fourth-order valence-electron chi connectivity index (χ4n) is 7.69. The second kappa shape index (κ2) is 12.8. The molecule has 7 rings (SSSR count). The summed E-state index contributed by atoms with van der Waals surface area (Å²) >= 11 is 0. The molecule has 0 atom stereocenters. The lowest BCUT2D eigenvalue weighted by atomic mass is 10.2. The van der Waals surface area contributed by atoms with E-state index in [-0.39, 0.29) is 0 Å². The van der Waals surface area contributed by atoms with Crippen LogP contribution in [-0.4, -0.2) is 16.1 Å². The molecular weight excluding hydrogens is 585 g/mol. The Kier molecular flexibility index (Phi) is 8.23. The largest absolute Gasteiger partial charge is 0.179 e. The van der Waals surface area contributed by atoms with Gasteiger partial charge in [0.15, 0.2) is 16.1 Å². The quantitative estimate of drug-likeness (QED) is 0.164. The van der Waals surface area contributed by atoms with Crippen LogP contribution < -0.4 is 41.5 Å². The number of benzene rings is 7. The van der Waals surface area contributed by atoms with Crippen molar-refractivity contribution >= 4 is 57.6 Å². The lowest BCUT2D eigenvalue weighted by Crippen LogP contribution is -2.77. The molecule has 0 fully saturated rings. The molecular formula is C44H38Si2. The Bertz CT molecular complexity index is 1680. The van der Waals surface area contributed by atoms with E-state index in [2.05, 4.69) is 208 Å². The summed E-state index contributed by atoms with van der Waals surface area (Å²) in [7, 11) is -5.36. The molecule has 2 heteroatoms. The van der Waals surface area contributed by atoms with Gasteiger partial charge in [-0.25, -0.2) is 0 Å². The maximum absolute atomic E-state index is 2.68. The highest BCUT2D eigenvalue weighted by Gasteiger charge is 2.46. The van der Waals surface area contributed by atoms with E-state index < -0.39 is 16.1 Å². The monoisotopic (exact) mass is 622 g/mol. The molecule has 0 nitrogen and oxygen atoms in total. The SMILES string of the molecule is Cc1cc([Si](c2ccccc2)(c2ccccc2)c2ccccc2)c(C)cc1[Si](c1ccccc1)(c1ccccc1)c1ccccc1. The normalized spacial score (nSPS) is 11.7. The molecule has 222 valence electrons. The predicted octanol–water partition coefficient (Wildman–Crippen LogP) is 5.06.